The lowest BCUT2D eigenvalue weighted by molar-refractivity contribution is -0.146. The third-order valence-corrected chi connectivity index (χ3v) is 5.64. The number of hydrogen-bond acceptors (Lipinski definition) is 8. The number of hydrogen-bond donors (Lipinski definition) is 1. The molecule has 0 fully saturated rings. The molecule has 1 unspecified atom stereocenters. The van der Waals surface area contributed by atoms with Crippen molar-refractivity contribution in [2.24, 2.45) is 5.73 Å². The van der Waals surface area contributed by atoms with Gasteiger partial charge in [0.2, 0.25) is 0 Å². The molecule has 0 saturated heterocycles. The zero-order valence-electron chi connectivity index (χ0n) is 14.3. The molecule has 0 aliphatic rings. The highest BCUT2D eigenvalue weighted by Crippen LogP contribution is 2.60. The van der Waals surface area contributed by atoms with E-state index in [9.17, 15) is 14.2 Å². The van der Waals surface area contributed by atoms with Crippen LogP contribution in [0.1, 0.15) is 47.0 Å². The van der Waals surface area contributed by atoms with Crippen LogP contribution in [0.5, 0.6) is 0 Å². The van der Waals surface area contributed by atoms with E-state index in [1.807, 2.05) is 0 Å². The van der Waals surface area contributed by atoms with Crippen LogP contribution in [0.3, 0.4) is 0 Å². The lowest BCUT2D eigenvalue weighted by Gasteiger charge is -2.34. The predicted molar refractivity (Wildman–Crippen MR) is 84.9 cm³/mol. The summed E-state index contributed by atoms with van der Waals surface area (Å²) in [5, 5.41) is -1.65. The van der Waals surface area contributed by atoms with E-state index in [0.717, 1.165) is 0 Å². The smallest absolute Gasteiger partial charge is 0.350 e. The van der Waals surface area contributed by atoms with Crippen LogP contribution in [0.15, 0.2) is 0 Å². The van der Waals surface area contributed by atoms with Crippen LogP contribution < -0.4 is 5.73 Å². The molecule has 1 atom stereocenters. The quantitative estimate of drug-likeness (QED) is 0.419. The molecule has 0 aromatic heterocycles. The highest BCUT2D eigenvalue weighted by molar-refractivity contribution is 7.55. The zero-order valence-corrected chi connectivity index (χ0v) is 15.2. The fourth-order valence-corrected chi connectivity index (χ4v) is 3.95. The second-order valence-corrected chi connectivity index (χ2v) is 7.13. The number of nitrogens with two attached hydrogens (primary N) is 1. The SMILES string of the molecule is CCOC(=O)CCC(N)(CC(=O)OCC)P(=O)(OCC)OCC. The molecule has 0 aromatic carbocycles. The molecule has 0 heterocycles. The number of rotatable bonds is 12. The Hall–Kier alpha value is -0.950. The Bertz CT molecular complexity index is 419. The van der Waals surface area contributed by atoms with Gasteiger partial charge in [-0.05, 0) is 34.1 Å². The van der Waals surface area contributed by atoms with Gasteiger partial charge in [-0.25, -0.2) is 0 Å². The average molecular weight is 353 g/mol. The van der Waals surface area contributed by atoms with Gasteiger partial charge in [0.1, 0.15) is 5.28 Å². The van der Waals surface area contributed by atoms with Gasteiger partial charge in [0, 0.05) is 6.42 Å². The highest BCUT2D eigenvalue weighted by Gasteiger charge is 2.49. The van der Waals surface area contributed by atoms with Gasteiger partial charge in [0.15, 0.2) is 0 Å². The van der Waals surface area contributed by atoms with Crippen LogP contribution in [0.2, 0.25) is 0 Å². The van der Waals surface area contributed by atoms with Gasteiger partial charge in [-0.2, -0.15) is 0 Å². The lowest BCUT2D eigenvalue weighted by Crippen LogP contribution is -2.44. The molecule has 2 N–H and O–H groups in total. The molecular weight excluding hydrogens is 325 g/mol. The van der Waals surface area contributed by atoms with Crippen molar-refractivity contribution in [3.63, 3.8) is 0 Å². The van der Waals surface area contributed by atoms with Gasteiger partial charge in [0.25, 0.3) is 0 Å². The van der Waals surface area contributed by atoms with E-state index < -0.39 is 24.8 Å². The van der Waals surface area contributed by atoms with Gasteiger partial charge < -0.3 is 24.3 Å². The van der Waals surface area contributed by atoms with Crippen LogP contribution in [0.4, 0.5) is 0 Å². The van der Waals surface area contributed by atoms with Crippen LogP contribution in [0, 0.1) is 0 Å². The topological polar surface area (TPSA) is 114 Å². The summed E-state index contributed by atoms with van der Waals surface area (Å²) in [6, 6.07) is 0. The van der Waals surface area contributed by atoms with E-state index in [1.165, 1.54) is 0 Å². The first kappa shape index (κ1) is 22.1. The summed E-state index contributed by atoms with van der Waals surface area (Å²) in [6.07, 6.45) is -0.562. The lowest BCUT2D eigenvalue weighted by atomic mass is 10.1. The van der Waals surface area contributed by atoms with Crippen LogP contribution in [-0.2, 0) is 32.7 Å². The minimum absolute atomic E-state index is 0.0814. The molecule has 9 heteroatoms. The second-order valence-electron chi connectivity index (χ2n) is 4.72. The fourth-order valence-electron chi connectivity index (χ4n) is 1.97. The minimum Gasteiger partial charge on any atom is -0.466 e. The van der Waals surface area contributed by atoms with Gasteiger partial charge in [0.05, 0.1) is 32.8 Å². The Kier molecular flexibility index (Phi) is 10.3. The van der Waals surface area contributed by atoms with E-state index in [2.05, 4.69) is 0 Å². The summed E-state index contributed by atoms with van der Waals surface area (Å²) in [5.74, 6) is -1.12. The average Bonchev–Trinajstić information content (AvgIpc) is 2.46. The van der Waals surface area contributed by atoms with E-state index in [1.54, 1.807) is 27.7 Å². The van der Waals surface area contributed by atoms with Crippen molar-refractivity contribution < 1.29 is 32.7 Å². The summed E-state index contributed by atoms with van der Waals surface area (Å²) in [5.41, 5.74) is 6.20. The number of carbonyl (C=O) groups is 2. The third-order valence-electron chi connectivity index (χ3n) is 2.97. The predicted octanol–water partition coefficient (Wildman–Crippen LogP) is 2.20. The maximum Gasteiger partial charge on any atom is 0.350 e. The summed E-state index contributed by atoms with van der Waals surface area (Å²) in [6.45, 7) is 7.20. The maximum atomic E-state index is 13.0. The maximum absolute atomic E-state index is 13.0. The minimum atomic E-state index is -3.82. The second kappa shape index (κ2) is 10.8. The molecule has 8 nitrogen and oxygen atoms in total. The van der Waals surface area contributed by atoms with Crippen molar-refractivity contribution in [3.05, 3.63) is 0 Å². The molecular formula is C14H28NO7P. The van der Waals surface area contributed by atoms with Crippen molar-refractivity contribution in [2.75, 3.05) is 26.4 Å². The largest absolute Gasteiger partial charge is 0.466 e. The summed E-state index contributed by atoms with van der Waals surface area (Å²) in [4.78, 5) is 23.4. The molecule has 0 aliphatic carbocycles. The van der Waals surface area contributed by atoms with Gasteiger partial charge in [-0.3, -0.25) is 14.2 Å². The Balaban J connectivity index is 5.34. The summed E-state index contributed by atoms with van der Waals surface area (Å²) >= 11 is 0. The van der Waals surface area contributed by atoms with E-state index in [0.29, 0.717) is 0 Å². The van der Waals surface area contributed by atoms with Gasteiger partial charge >= 0.3 is 19.5 Å². The van der Waals surface area contributed by atoms with Gasteiger partial charge in [-0.1, -0.05) is 0 Å². The van der Waals surface area contributed by atoms with E-state index in [-0.39, 0.29) is 45.7 Å². The Labute approximate surface area is 137 Å². The van der Waals surface area contributed by atoms with Crippen LogP contribution >= 0.6 is 7.60 Å². The Morgan fingerprint density at radius 1 is 0.913 bits per heavy atom. The first-order chi connectivity index (χ1) is 10.8. The Morgan fingerprint density at radius 2 is 1.39 bits per heavy atom. The molecule has 0 bridgehead atoms. The standard InChI is InChI=1S/C14H28NO7P/c1-5-19-12(16)9-10-14(15,11-13(17)20-6-2)23(18,21-7-3)22-8-4/h5-11,15H2,1-4H3. The molecule has 136 valence electrons. The Morgan fingerprint density at radius 3 is 1.83 bits per heavy atom. The van der Waals surface area contributed by atoms with Crippen LogP contribution in [0.25, 0.3) is 0 Å². The monoisotopic (exact) mass is 353 g/mol. The molecule has 0 aliphatic heterocycles. The zero-order chi connectivity index (χ0) is 17.9. The summed E-state index contributed by atoms with van der Waals surface area (Å²) < 4.78 is 33.2. The van der Waals surface area contributed by atoms with Crippen LogP contribution in [-0.4, -0.2) is 43.6 Å². The first-order valence-corrected chi connectivity index (χ1v) is 9.32. The highest BCUT2D eigenvalue weighted by atomic mass is 31.2. The molecule has 0 amide bonds. The molecule has 0 radical (unpaired) electrons. The fraction of sp³-hybridized carbons (Fsp3) is 0.857. The summed E-state index contributed by atoms with van der Waals surface area (Å²) in [7, 11) is -3.82. The van der Waals surface area contributed by atoms with Crippen molar-refractivity contribution in [3.8, 4) is 0 Å². The molecule has 0 spiro atoms. The molecule has 0 saturated carbocycles. The third kappa shape index (κ3) is 6.99. The van der Waals surface area contributed by atoms with Crippen molar-refractivity contribution in [2.45, 2.75) is 52.2 Å². The normalized spacial score (nSPS) is 14.1. The van der Waals surface area contributed by atoms with Crippen molar-refractivity contribution >= 4 is 19.5 Å². The van der Waals surface area contributed by atoms with E-state index in [4.69, 9.17) is 24.3 Å². The van der Waals surface area contributed by atoms with Crippen molar-refractivity contribution in [1.82, 2.24) is 0 Å². The first-order valence-electron chi connectivity index (χ1n) is 7.77. The van der Waals surface area contributed by atoms with Gasteiger partial charge in [-0.15, -0.1) is 0 Å². The van der Waals surface area contributed by atoms with E-state index >= 15 is 0 Å². The van der Waals surface area contributed by atoms with Crippen molar-refractivity contribution in [1.29, 1.82) is 0 Å². The molecule has 23 heavy (non-hydrogen) atoms. The number of esters is 2. The number of ether oxygens (including phenoxy) is 2. The number of carbonyl (C=O) groups excluding carboxylic acids is 2. The molecule has 0 rings (SSSR count). The molecule has 0 aromatic rings.